The van der Waals surface area contributed by atoms with Gasteiger partial charge in [0, 0.05) is 0 Å². The van der Waals surface area contributed by atoms with Gasteiger partial charge in [-0.15, -0.1) is 0 Å². The fraction of sp³-hybridized carbons (Fsp3) is 0.333. The fourth-order valence-corrected chi connectivity index (χ4v) is 2.15. The van der Waals surface area contributed by atoms with Crippen molar-refractivity contribution in [1.82, 2.24) is 9.78 Å². The molecule has 0 saturated heterocycles. The van der Waals surface area contributed by atoms with Gasteiger partial charge in [-0.25, -0.2) is 4.68 Å². The van der Waals surface area contributed by atoms with Crippen LogP contribution in [0.1, 0.15) is 16.7 Å². The van der Waals surface area contributed by atoms with Crippen LogP contribution in [0.4, 0.5) is 0 Å². The molecule has 0 aliphatic rings. The summed E-state index contributed by atoms with van der Waals surface area (Å²) in [6.45, 7) is 3.96. The van der Waals surface area contributed by atoms with Gasteiger partial charge in [-0.1, -0.05) is 0 Å². The van der Waals surface area contributed by atoms with Crippen molar-refractivity contribution in [3.63, 3.8) is 0 Å². The summed E-state index contributed by atoms with van der Waals surface area (Å²) in [5, 5.41) is 4.25. The van der Waals surface area contributed by atoms with E-state index in [-0.39, 0.29) is 12.4 Å². The predicted octanol–water partition coefficient (Wildman–Crippen LogP) is 2.21. The van der Waals surface area contributed by atoms with E-state index in [2.05, 4.69) is 5.10 Å². The van der Waals surface area contributed by atoms with E-state index in [1.165, 1.54) is 7.11 Å². The van der Waals surface area contributed by atoms with E-state index in [9.17, 15) is 4.79 Å². The highest BCUT2D eigenvalue weighted by molar-refractivity contribution is 5.73. The molecule has 1 aromatic carbocycles. The summed E-state index contributed by atoms with van der Waals surface area (Å²) in [5.74, 6) is 0.476. The molecule has 1 heterocycles. The summed E-state index contributed by atoms with van der Waals surface area (Å²) in [6, 6.07) is 4.00. The molecule has 5 nitrogen and oxygen atoms in total. The van der Waals surface area contributed by atoms with Crippen LogP contribution in [-0.2, 0) is 16.0 Å². The Hall–Kier alpha value is -2.30. The third-order valence-electron chi connectivity index (χ3n) is 3.29. The lowest BCUT2D eigenvalue weighted by molar-refractivity contribution is -0.139. The number of carbonyl (C=O) groups is 1. The van der Waals surface area contributed by atoms with Crippen LogP contribution in [-0.4, -0.2) is 30.0 Å². The molecular weight excluding hydrogens is 256 g/mol. The smallest absolute Gasteiger partial charge is 0.309 e. The number of benzene rings is 1. The van der Waals surface area contributed by atoms with Crippen molar-refractivity contribution in [2.45, 2.75) is 20.3 Å². The van der Waals surface area contributed by atoms with Crippen LogP contribution in [0.15, 0.2) is 24.5 Å². The van der Waals surface area contributed by atoms with Crippen LogP contribution in [0.25, 0.3) is 5.69 Å². The lowest BCUT2D eigenvalue weighted by atomic mass is 9.99. The van der Waals surface area contributed by atoms with Crippen LogP contribution < -0.4 is 4.74 Å². The largest absolute Gasteiger partial charge is 0.493 e. The minimum absolute atomic E-state index is 0.232. The standard InChI is InChI=1S/C15H18N2O3/c1-10-5-12(17-9-13(19-3)8-16-17)6-11(2)14(10)7-15(18)20-4/h5-6,8-9H,7H2,1-4H3. The average molecular weight is 274 g/mol. The van der Waals surface area contributed by atoms with Gasteiger partial charge in [-0.05, 0) is 42.7 Å². The molecule has 0 fully saturated rings. The van der Waals surface area contributed by atoms with Crippen molar-refractivity contribution in [3.8, 4) is 11.4 Å². The normalized spacial score (nSPS) is 10.4. The first-order valence-corrected chi connectivity index (χ1v) is 6.31. The lowest BCUT2D eigenvalue weighted by Gasteiger charge is -2.12. The Morgan fingerprint density at radius 3 is 2.40 bits per heavy atom. The molecule has 0 bridgehead atoms. The summed E-state index contributed by atoms with van der Waals surface area (Å²) in [4.78, 5) is 11.4. The molecule has 0 radical (unpaired) electrons. The van der Waals surface area contributed by atoms with Crippen molar-refractivity contribution < 1.29 is 14.3 Å². The molecule has 0 amide bonds. The average Bonchev–Trinajstić information content (AvgIpc) is 2.91. The molecule has 20 heavy (non-hydrogen) atoms. The Morgan fingerprint density at radius 1 is 1.25 bits per heavy atom. The molecule has 2 aromatic rings. The number of carbonyl (C=O) groups excluding carboxylic acids is 1. The molecule has 0 spiro atoms. The van der Waals surface area contributed by atoms with Crippen molar-refractivity contribution in [2.24, 2.45) is 0 Å². The first-order chi connectivity index (χ1) is 9.55. The maximum absolute atomic E-state index is 11.4. The van der Waals surface area contributed by atoms with Crippen molar-refractivity contribution in [3.05, 3.63) is 41.2 Å². The van der Waals surface area contributed by atoms with E-state index in [4.69, 9.17) is 9.47 Å². The van der Waals surface area contributed by atoms with Crippen LogP contribution in [0.5, 0.6) is 5.75 Å². The maximum Gasteiger partial charge on any atom is 0.309 e. The van der Waals surface area contributed by atoms with Crippen LogP contribution in [0, 0.1) is 13.8 Å². The molecular formula is C15H18N2O3. The zero-order chi connectivity index (χ0) is 14.7. The van der Waals surface area contributed by atoms with E-state index >= 15 is 0 Å². The number of nitrogens with zero attached hydrogens (tertiary/aromatic N) is 2. The number of hydrogen-bond donors (Lipinski definition) is 0. The van der Waals surface area contributed by atoms with E-state index < -0.39 is 0 Å². The highest BCUT2D eigenvalue weighted by Crippen LogP contribution is 2.21. The summed E-state index contributed by atoms with van der Waals surface area (Å²) in [7, 11) is 3.01. The van der Waals surface area contributed by atoms with E-state index in [0.29, 0.717) is 5.75 Å². The molecule has 0 aliphatic carbocycles. The second kappa shape index (κ2) is 5.77. The van der Waals surface area contributed by atoms with Gasteiger partial charge in [0.25, 0.3) is 0 Å². The Labute approximate surface area is 118 Å². The number of ether oxygens (including phenoxy) is 2. The summed E-state index contributed by atoms with van der Waals surface area (Å²) in [5.41, 5.74) is 4.02. The van der Waals surface area contributed by atoms with Crippen LogP contribution in [0.2, 0.25) is 0 Å². The number of esters is 1. The fourth-order valence-electron chi connectivity index (χ4n) is 2.15. The van der Waals surface area contributed by atoms with E-state index in [1.807, 2.05) is 32.2 Å². The number of aryl methyl sites for hydroxylation is 2. The maximum atomic E-state index is 11.4. The van der Waals surface area contributed by atoms with Gasteiger partial charge >= 0.3 is 5.97 Å². The minimum atomic E-state index is -0.232. The van der Waals surface area contributed by atoms with Gasteiger partial charge in [0.05, 0.1) is 38.7 Å². The van der Waals surface area contributed by atoms with Gasteiger partial charge < -0.3 is 9.47 Å². The molecule has 106 valence electrons. The Bertz CT molecular complexity index is 609. The third kappa shape index (κ3) is 2.82. The first-order valence-electron chi connectivity index (χ1n) is 6.31. The van der Waals surface area contributed by atoms with Gasteiger partial charge in [0.1, 0.15) is 0 Å². The predicted molar refractivity (Wildman–Crippen MR) is 75.3 cm³/mol. The number of aromatic nitrogens is 2. The SMILES string of the molecule is COC(=O)Cc1c(C)cc(-n2cc(OC)cn2)cc1C. The summed E-state index contributed by atoms with van der Waals surface area (Å²) < 4.78 is 11.6. The van der Waals surface area contributed by atoms with Crippen molar-refractivity contribution in [2.75, 3.05) is 14.2 Å². The topological polar surface area (TPSA) is 53.4 Å². The first kappa shape index (κ1) is 14.1. The molecule has 5 heteroatoms. The summed E-state index contributed by atoms with van der Waals surface area (Å²) >= 11 is 0. The molecule has 0 aliphatic heterocycles. The van der Waals surface area contributed by atoms with Gasteiger partial charge in [-0.3, -0.25) is 4.79 Å². The Morgan fingerprint density at radius 2 is 1.90 bits per heavy atom. The molecule has 1 aromatic heterocycles. The van der Waals surface area contributed by atoms with Gasteiger partial charge in [0.15, 0.2) is 5.75 Å². The van der Waals surface area contributed by atoms with Crippen molar-refractivity contribution in [1.29, 1.82) is 0 Å². The van der Waals surface area contributed by atoms with Crippen LogP contribution in [0.3, 0.4) is 0 Å². The monoisotopic (exact) mass is 274 g/mol. The zero-order valence-corrected chi connectivity index (χ0v) is 12.1. The minimum Gasteiger partial charge on any atom is -0.493 e. The number of rotatable bonds is 4. The third-order valence-corrected chi connectivity index (χ3v) is 3.29. The lowest BCUT2D eigenvalue weighted by Crippen LogP contribution is -2.08. The number of methoxy groups -OCH3 is 2. The molecule has 0 saturated carbocycles. The Balaban J connectivity index is 2.36. The van der Waals surface area contributed by atoms with E-state index in [1.54, 1.807) is 18.0 Å². The highest BCUT2D eigenvalue weighted by Gasteiger charge is 2.11. The molecule has 0 N–H and O–H groups in total. The molecule has 0 unspecified atom stereocenters. The number of hydrogen-bond acceptors (Lipinski definition) is 4. The second-order valence-electron chi connectivity index (χ2n) is 4.64. The quantitative estimate of drug-likeness (QED) is 0.802. The second-order valence-corrected chi connectivity index (χ2v) is 4.64. The van der Waals surface area contributed by atoms with E-state index in [0.717, 1.165) is 22.4 Å². The van der Waals surface area contributed by atoms with Gasteiger partial charge in [-0.2, -0.15) is 5.10 Å². The zero-order valence-electron chi connectivity index (χ0n) is 12.1. The molecule has 0 atom stereocenters. The molecule has 2 rings (SSSR count). The van der Waals surface area contributed by atoms with Gasteiger partial charge in [0.2, 0.25) is 0 Å². The Kier molecular flexibility index (Phi) is 4.08. The summed E-state index contributed by atoms with van der Waals surface area (Å²) in [6.07, 6.45) is 3.76. The van der Waals surface area contributed by atoms with Crippen molar-refractivity contribution >= 4 is 5.97 Å². The highest BCUT2D eigenvalue weighted by atomic mass is 16.5. The van der Waals surface area contributed by atoms with Crippen LogP contribution >= 0.6 is 0 Å².